The molecule has 0 aliphatic carbocycles. The Labute approximate surface area is 133 Å². The minimum absolute atomic E-state index is 0.200. The van der Waals surface area contributed by atoms with Crippen LogP contribution in [0.5, 0.6) is 5.75 Å². The second-order valence-electron chi connectivity index (χ2n) is 5.29. The highest BCUT2D eigenvalue weighted by Crippen LogP contribution is 2.44. The fourth-order valence-corrected chi connectivity index (χ4v) is 1.35. The quantitative estimate of drug-likeness (QED) is 0.338. The Balaban J connectivity index is 2.70. The van der Waals surface area contributed by atoms with Crippen molar-refractivity contribution < 1.29 is 35.5 Å². The minimum Gasteiger partial charge on any atom is -0.493 e. The summed E-state index contributed by atoms with van der Waals surface area (Å²) in [6.45, 7) is 4.32. The lowest BCUT2D eigenvalue weighted by Gasteiger charge is -2.27. The SMILES string of the molecule is CC(C)COc1ccc(/C=N/NC(F)(F)C(F)(F)C(F)(F)F)cc1. The summed E-state index contributed by atoms with van der Waals surface area (Å²) >= 11 is 0. The van der Waals surface area contributed by atoms with Crippen molar-refractivity contribution in [2.75, 3.05) is 6.61 Å². The van der Waals surface area contributed by atoms with Gasteiger partial charge in [-0.1, -0.05) is 13.8 Å². The van der Waals surface area contributed by atoms with E-state index in [1.807, 2.05) is 13.8 Å². The molecule has 1 aromatic carbocycles. The molecule has 0 heterocycles. The largest absolute Gasteiger partial charge is 0.493 e. The zero-order valence-electron chi connectivity index (χ0n) is 12.7. The monoisotopic (exact) mass is 360 g/mol. The topological polar surface area (TPSA) is 33.6 Å². The second-order valence-corrected chi connectivity index (χ2v) is 5.29. The highest BCUT2D eigenvalue weighted by molar-refractivity contribution is 5.79. The van der Waals surface area contributed by atoms with Crippen LogP contribution in [0.3, 0.4) is 0 Å². The number of benzene rings is 1. The van der Waals surface area contributed by atoms with Crippen LogP contribution in [0.2, 0.25) is 0 Å². The van der Waals surface area contributed by atoms with Crippen molar-refractivity contribution in [3.8, 4) is 5.75 Å². The standard InChI is InChI=1S/C14H15F7N2O/c1-9(2)8-24-11-5-3-10(4-6-11)7-22-23-14(20,21)12(15,16)13(17,18)19/h3-7,9,23H,8H2,1-2H3/b22-7+. The predicted octanol–water partition coefficient (Wildman–Crippen LogP) is 4.44. The molecule has 0 radical (unpaired) electrons. The van der Waals surface area contributed by atoms with Crippen LogP contribution in [0.25, 0.3) is 0 Å². The number of hydrazone groups is 1. The number of nitrogens with zero attached hydrogens (tertiary/aromatic N) is 1. The van der Waals surface area contributed by atoms with Crippen LogP contribution in [-0.4, -0.2) is 31.0 Å². The third-order valence-corrected chi connectivity index (χ3v) is 2.63. The lowest BCUT2D eigenvalue weighted by atomic mass is 10.2. The molecule has 136 valence electrons. The molecule has 0 aliphatic heterocycles. The summed E-state index contributed by atoms with van der Waals surface area (Å²) < 4.78 is 92.2. The van der Waals surface area contributed by atoms with Crippen molar-refractivity contribution in [2.45, 2.75) is 32.0 Å². The number of hydrogen-bond acceptors (Lipinski definition) is 3. The third-order valence-electron chi connectivity index (χ3n) is 2.63. The third kappa shape index (κ3) is 5.00. The molecule has 0 bridgehead atoms. The summed E-state index contributed by atoms with van der Waals surface area (Å²) in [5.74, 6) is -5.48. The van der Waals surface area contributed by atoms with Crippen LogP contribution < -0.4 is 10.2 Å². The fourth-order valence-electron chi connectivity index (χ4n) is 1.35. The zero-order chi connectivity index (χ0) is 18.6. The first-order valence-electron chi connectivity index (χ1n) is 6.72. The van der Waals surface area contributed by atoms with E-state index in [9.17, 15) is 30.7 Å². The van der Waals surface area contributed by atoms with Crippen molar-refractivity contribution in [1.29, 1.82) is 0 Å². The van der Waals surface area contributed by atoms with Crippen LogP contribution in [0.4, 0.5) is 30.7 Å². The molecule has 0 aromatic heterocycles. The van der Waals surface area contributed by atoms with E-state index < -0.39 is 18.1 Å². The Morgan fingerprint density at radius 2 is 1.58 bits per heavy atom. The second kappa shape index (κ2) is 7.27. The molecule has 1 aromatic rings. The van der Waals surface area contributed by atoms with Gasteiger partial charge in [0.1, 0.15) is 5.75 Å². The molecule has 0 spiro atoms. The lowest BCUT2D eigenvalue weighted by Crippen LogP contribution is -2.58. The molecule has 10 heteroatoms. The number of hydrogen-bond donors (Lipinski definition) is 1. The zero-order valence-corrected chi connectivity index (χ0v) is 12.7. The molecule has 0 saturated carbocycles. The van der Waals surface area contributed by atoms with Gasteiger partial charge in [-0.05, 0) is 35.7 Å². The fraction of sp³-hybridized carbons (Fsp3) is 0.500. The number of halogens is 7. The smallest absolute Gasteiger partial charge is 0.462 e. The van der Waals surface area contributed by atoms with Crippen molar-refractivity contribution >= 4 is 6.21 Å². The van der Waals surface area contributed by atoms with Gasteiger partial charge in [0.15, 0.2) is 0 Å². The van der Waals surface area contributed by atoms with Gasteiger partial charge in [-0.2, -0.15) is 35.8 Å². The van der Waals surface area contributed by atoms with E-state index in [0.717, 1.165) is 0 Å². The first kappa shape index (κ1) is 20.0. The molecular formula is C14H15F7N2O. The maximum absolute atomic E-state index is 12.9. The van der Waals surface area contributed by atoms with Gasteiger partial charge < -0.3 is 4.74 Å². The average molecular weight is 360 g/mol. The molecule has 0 atom stereocenters. The van der Waals surface area contributed by atoms with Gasteiger partial charge in [0.05, 0.1) is 12.8 Å². The number of alkyl halides is 7. The van der Waals surface area contributed by atoms with E-state index in [-0.39, 0.29) is 11.5 Å². The summed E-state index contributed by atoms with van der Waals surface area (Å²) in [6.07, 6.45) is -5.72. The molecule has 1 rings (SSSR count). The Kier molecular flexibility index (Phi) is 6.07. The van der Waals surface area contributed by atoms with Crippen LogP contribution in [-0.2, 0) is 0 Å². The van der Waals surface area contributed by atoms with Gasteiger partial charge in [0.25, 0.3) is 0 Å². The summed E-state index contributed by atoms with van der Waals surface area (Å²) in [6, 6.07) is 0.127. The first-order valence-corrected chi connectivity index (χ1v) is 6.72. The molecule has 0 amide bonds. The molecule has 0 unspecified atom stereocenters. The number of ether oxygens (including phenoxy) is 1. The van der Waals surface area contributed by atoms with E-state index in [2.05, 4.69) is 5.10 Å². The van der Waals surface area contributed by atoms with Gasteiger partial charge in [0, 0.05) is 0 Å². The summed E-state index contributed by atoms with van der Waals surface area (Å²) in [5.41, 5.74) is 0.743. The normalized spacial score (nSPS) is 13.6. The van der Waals surface area contributed by atoms with Crippen molar-refractivity contribution in [2.24, 2.45) is 11.0 Å². The van der Waals surface area contributed by atoms with Gasteiger partial charge >= 0.3 is 18.1 Å². The summed E-state index contributed by atoms with van der Waals surface area (Å²) in [5, 5.41) is 2.75. The molecule has 3 nitrogen and oxygen atoms in total. The summed E-state index contributed by atoms with van der Waals surface area (Å²) in [7, 11) is 0. The van der Waals surface area contributed by atoms with E-state index in [0.29, 0.717) is 24.0 Å². The molecule has 1 N–H and O–H groups in total. The van der Waals surface area contributed by atoms with Crippen LogP contribution in [0, 0.1) is 5.92 Å². The highest BCUT2D eigenvalue weighted by Gasteiger charge is 2.73. The van der Waals surface area contributed by atoms with Crippen molar-refractivity contribution in [3.05, 3.63) is 29.8 Å². The van der Waals surface area contributed by atoms with E-state index in [4.69, 9.17) is 4.74 Å². The Bertz CT molecular complexity index is 553. The van der Waals surface area contributed by atoms with Crippen molar-refractivity contribution in [3.63, 3.8) is 0 Å². The molecular weight excluding hydrogens is 345 g/mol. The number of rotatable bonds is 7. The van der Waals surface area contributed by atoms with Crippen LogP contribution >= 0.6 is 0 Å². The Hall–Kier alpha value is -2.00. The van der Waals surface area contributed by atoms with Gasteiger partial charge in [-0.3, -0.25) is 0 Å². The van der Waals surface area contributed by atoms with Crippen molar-refractivity contribution in [1.82, 2.24) is 5.43 Å². The molecule has 24 heavy (non-hydrogen) atoms. The first-order chi connectivity index (χ1) is 10.9. The van der Waals surface area contributed by atoms with Crippen LogP contribution in [0.15, 0.2) is 29.4 Å². The van der Waals surface area contributed by atoms with E-state index >= 15 is 0 Å². The lowest BCUT2D eigenvalue weighted by molar-refractivity contribution is -0.361. The van der Waals surface area contributed by atoms with E-state index in [1.54, 1.807) is 0 Å². The predicted molar refractivity (Wildman–Crippen MR) is 73.5 cm³/mol. The van der Waals surface area contributed by atoms with Crippen LogP contribution in [0.1, 0.15) is 19.4 Å². The van der Waals surface area contributed by atoms with Gasteiger partial charge in [-0.15, -0.1) is 0 Å². The molecule has 0 aliphatic rings. The average Bonchev–Trinajstić information content (AvgIpc) is 2.44. The maximum Gasteiger partial charge on any atom is 0.462 e. The van der Waals surface area contributed by atoms with Gasteiger partial charge in [0.2, 0.25) is 0 Å². The maximum atomic E-state index is 12.9. The summed E-state index contributed by atoms with van der Waals surface area (Å²) in [4.78, 5) is 0. The number of nitrogens with one attached hydrogen (secondary N) is 1. The highest BCUT2D eigenvalue weighted by atomic mass is 19.4. The Morgan fingerprint density at radius 1 is 1.04 bits per heavy atom. The van der Waals surface area contributed by atoms with Gasteiger partial charge in [-0.25, -0.2) is 5.43 Å². The Morgan fingerprint density at radius 3 is 2.04 bits per heavy atom. The minimum atomic E-state index is -6.41. The molecule has 0 saturated heterocycles. The molecule has 0 fully saturated rings. The van der Waals surface area contributed by atoms with E-state index in [1.165, 1.54) is 24.3 Å².